The largest absolute Gasteiger partial charge is 0.325 e. The predicted octanol–water partition coefficient (Wildman–Crippen LogP) is 4.15. The smallest absolute Gasteiger partial charge is 0.312 e. The lowest BCUT2D eigenvalue weighted by molar-refractivity contribution is 0.262. The second-order valence-corrected chi connectivity index (χ2v) is 9.59. The Hall–Kier alpha value is -2.43. The number of urea groups is 1. The molecule has 0 saturated heterocycles. The summed E-state index contributed by atoms with van der Waals surface area (Å²) in [6.45, 7) is 7.24. The van der Waals surface area contributed by atoms with E-state index in [9.17, 15) is 4.79 Å². The number of aryl methyl sites for hydroxylation is 1. The number of fused-ring (bicyclic) bond motifs is 1. The maximum absolute atomic E-state index is 12.5. The average Bonchev–Trinajstić information content (AvgIpc) is 3.32. The first-order chi connectivity index (χ1) is 14.5. The quantitative estimate of drug-likeness (QED) is 0.557. The molecule has 4 rings (SSSR count). The highest BCUT2D eigenvalue weighted by Crippen LogP contribution is 2.34. The summed E-state index contributed by atoms with van der Waals surface area (Å²) in [5, 5.41) is 15.5. The van der Waals surface area contributed by atoms with E-state index >= 15 is 0 Å². The van der Waals surface area contributed by atoms with Gasteiger partial charge in [-0.3, -0.25) is 10.2 Å². The van der Waals surface area contributed by atoms with Crippen LogP contribution in [0.25, 0.3) is 0 Å². The number of nitrogens with one attached hydrogen (secondary N) is 2. The first kappa shape index (κ1) is 20.8. The summed E-state index contributed by atoms with van der Waals surface area (Å²) in [5.74, 6) is 0. The van der Waals surface area contributed by atoms with Gasteiger partial charge in [-0.1, -0.05) is 30.8 Å². The van der Waals surface area contributed by atoms with Crippen LogP contribution in [0.2, 0.25) is 0 Å². The molecule has 1 aromatic carbocycles. The topological polar surface area (TPSA) is 88.0 Å². The summed E-state index contributed by atoms with van der Waals surface area (Å²) in [4.78, 5) is 20.7. The Morgan fingerprint density at radius 1 is 1.37 bits per heavy atom. The first-order valence-electron chi connectivity index (χ1n) is 9.91. The van der Waals surface area contributed by atoms with Crippen molar-refractivity contribution in [1.29, 1.82) is 0 Å². The molecule has 3 aromatic rings. The Morgan fingerprint density at radius 2 is 2.23 bits per heavy atom. The van der Waals surface area contributed by atoms with Gasteiger partial charge in [0.25, 0.3) is 0 Å². The number of nitrogens with zero attached hydrogens (tertiary/aromatic N) is 5. The Labute approximate surface area is 184 Å². The van der Waals surface area contributed by atoms with Crippen molar-refractivity contribution in [3.8, 4) is 0 Å². The number of rotatable bonds is 6. The van der Waals surface area contributed by atoms with E-state index in [1.54, 1.807) is 29.4 Å². The fourth-order valence-corrected chi connectivity index (χ4v) is 5.26. The number of thiazole rings is 1. The SMILES string of the molecule is CCN1CCc2nc(NC(=O)Nc3cccc([C@H](C)Sc4nncn4C)c3)sc2C1. The van der Waals surface area contributed by atoms with E-state index in [2.05, 4.69) is 44.6 Å². The van der Waals surface area contributed by atoms with Gasteiger partial charge in [0.15, 0.2) is 10.3 Å². The molecule has 0 unspecified atom stereocenters. The van der Waals surface area contributed by atoms with Crippen molar-refractivity contribution in [2.75, 3.05) is 23.7 Å². The van der Waals surface area contributed by atoms with Gasteiger partial charge in [-0.05, 0) is 31.2 Å². The molecule has 30 heavy (non-hydrogen) atoms. The summed E-state index contributed by atoms with van der Waals surface area (Å²) >= 11 is 3.19. The minimum atomic E-state index is -0.279. The highest BCUT2D eigenvalue weighted by Gasteiger charge is 2.20. The maximum Gasteiger partial charge on any atom is 0.325 e. The molecule has 0 aliphatic carbocycles. The van der Waals surface area contributed by atoms with Gasteiger partial charge in [0, 0.05) is 42.4 Å². The number of carbonyl (C=O) groups excluding carboxylic acids is 1. The van der Waals surface area contributed by atoms with Crippen LogP contribution in [0.15, 0.2) is 35.7 Å². The monoisotopic (exact) mass is 443 g/mol. The van der Waals surface area contributed by atoms with Gasteiger partial charge in [-0.15, -0.1) is 21.5 Å². The molecular formula is C20H25N7OS2. The van der Waals surface area contributed by atoms with Crippen LogP contribution in [-0.2, 0) is 20.0 Å². The molecule has 2 amide bonds. The molecule has 10 heteroatoms. The predicted molar refractivity (Wildman–Crippen MR) is 121 cm³/mol. The lowest BCUT2D eigenvalue weighted by atomic mass is 10.1. The molecule has 1 atom stereocenters. The van der Waals surface area contributed by atoms with Gasteiger partial charge in [-0.2, -0.15) is 0 Å². The van der Waals surface area contributed by atoms with Gasteiger partial charge in [0.2, 0.25) is 0 Å². The van der Waals surface area contributed by atoms with Gasteiger partial charge >= 0.3 is 6.03 Å². The van der Waals surface area contributed by atoms with Crippen LogP contribution in [-0.4, -0.2) is 43.8 Å². The fraction of sp³-hybridized carbons (Fsp3) is 0.400. The number of hydrogen-bond acceptors (Lipinski definition) is 7. The van der Waals surface area contributed by atoms with Gasteiger partial charge in [-0.25, -0.2) is 9.78 Å². The van der Waals surface area contributed by atoms with E-state index in [0.29, 0.717) is 5.13 Å². The van der Waals surface area contributed by atoms with Crippen molar-refractivity contribution >= 4 is 39.9 Å². The fourth-order valence-electron chi connectivity index (χ4n) is 3.31. The van der Waals surface area contributed by atoms with Crippen LogP contribution >= 0.6 is 23.1 Å². The number of aromatic nitrogens is 4. The van der Waals surface area contributed by atoms with Crippen molar-refractivity contribution < 1.29 is 4.79 Å². The molecule has 0 fully saturated rings. The minimum Gasteiger partial charge on any atom is -0.312 e. The summed E-state index contributed by atoms with van der Waals surface area (Å²) in [6, 6.07) is 7.58. The molecule has 1 aliphatic heterocycles. The molecule has 1 aliphatic rings. The van der Waals surface area contributed by atoms with E-state index in [1.165, 1.54) is 4.88 Å². The van der Waals surface area contributed by atoms with Crippen LogP contribution in [0.1, 0.15) is 35.2 Å². The van der Waals surface area contributed by atoms with Gasteiger partial charge < -0.3 is 9.88 Å². The van der Waals surface area contributed by atoms with Gasteiger partial charge in [0.05, 0.1) is 5.69 Å². The molecule has 0 bridgehead atoms. The minimum absolute atomic E-state index is 0.171. The second kappa shape index (κ2) is 9.15. The highest BCUT2D eigenvalue weighted by atomic mass is 32.2. The highest BCUT2D eigenvalue weighted by molar-refractivity contribution is 7.99. The van der Waals surface area contributed by atoms with Crippen LogP contribution in [0.5, 0.6) is 0 Å². The number of benzene rings is 1. The molecule has 0 saturated carbocycles. The number of hydrogen-bond donors (Lipinski definition) is 2. The number of likely N-dealkylation sites (N-methyl/N-ethyl adjacent to an activating group) is 1. The zero-order chi connectivity index (χ0) is 21.1. The normalized spacial score (nSPS) is 14.9. The maximum atomic E-state index is 12.5. The van der Waals surface area contributed by atoms with Crippen LogP contribution in [0.3, 0.4) is 0 Å². The number of anilines is 2. The van der Waals surface area contributed by atoms with Crippen molar-refractivity contribution in [3.05, 3.63) is 46.7 Å². The van der Waals surface area contributed by atoms with E-state index in [0.717, 1.165) is 48.2 Å². The molecule has 3 heterocycles. The second-order valence-electron chi connectivity index (χ2n) is 7.20. The third-order valence-corrected chi connectivity index (χ3v) is 7.25. The Kier molecular flexibility index (Phi) is 6.35. The number of carbonyl (C=O) groups is 1. The summed E-state index contributed by atoms with van der Waals surface area (Å²) in [6.07, 6.45) is 2.62. The Balaban J connectivity index is 1.37. The lowest BCUT2D eigenvalue weighted by Gasteiger charge is -2.23. The van der Waals surface area contributed by atoms with E-state index in [4.69, 9.17) is 0 Å². The zero-order valence-corrected chi connectivity index (χ0v) is 18.9. The van der Waals surface area contributed by atoms with E-state index < -0.39 is 0 Å². The zero-order valence-electron chi connectivity index (χ0n) is 17.3. The van der Waals surface area contributed by atoms with Crippen molar-refractivity contribution in [1.82, 2.24) is 24.6 Å². The molecule has 0 radical (unpaired) electrons. The standard InChI is InChI=1S/C20H25N7OS2/c1-4-27-9-8-16-17(11-27)30-19(23-16)24-18(28)22-15-7-5-6-14(10-15)13(2)29-20-25-21-12-26(20)3/h5-7,10,12-13H,4,8-9,11H2,1-3H3,(H2,22,23,24,28)/t13-/m0/s1. The third-order valence-electron chi connectivity index (χ3n) is 5.04. The van der Waals surface area contributed by atoms with Crippen LogP contribution in [0.4, 0.5) is 15.6 Å². The molecule has 2 aromatic heterocycles. The van der Waals surface area contributed by atoms with Crippen LogP contribution < -0.4 is 10.6 Å². The Morgan fingerprint density at radius 3 is 3.00 bits per heavy atom. The molecule has 8 nitrogen and oxygen atoms in total. The lowest BCUT2D eigenvalue weighted by Crippen LogP contribution is -2.29. The molecular weight excluding hydrogens is 418 g/mol. The Bertz CT molecular complexity index is 1030. The van der Waals surface area contributed by atoms with Gasteiger partial charge in [0.1, 0.15) is 6.33 Å². The van der Waals surface area contributed by atoms with Crippen LogP contribution in [0, 0.1) is 0 Å². The first-order valence-corrected chi connectivity index (χ1v) is 11.6. The molecule has 2 N–H and O–H groups in total. The van der Waals surface area contributed by atoms with Crippen molar-refractivity contribution in [3.63, 3.8) is 0 Å². The average molecular weight is 444 g/mol. The summed E-state index contributed by atoms with van der Waals surface area (Å²) < 4.78 is 1.89. The van der Waals surface area contributed by atoms with Crippen molar-refractivity contribution in [2.45, 2.75) is 37.2 Å². The summed E-state index contributed by atoms with van der Waals surface area (Å²) in [5.41, 5.74) is 2.95. The van der Waals surface area contributed by atoms with E-state index in [-0.39, 0.29) is 11.3 Å². The van der Waals surface area contributed by atoms with Crippen molar-refractivity contribution in [2.24, 2.45) is 7.05 Å². The van der Waals surface area contributed by atoms with E-state index in [1.807, 2.05) is 35.9 Å². The number of thioether (sulfide) groups is 1. The molecule has 158 valence electrons. The third kappa shape index (κ3) is 4.82. The number of amides is 2. The molecule has 0 spiro atoms. The summed E-state index contributed by atoms with van der Waals surface area (Å²) in [7, 11) is 1.92.